The number of amides is 1. The molecule has 4 heteroatoms. The van der Waals surface area contributed by atoms with Crippen LogP contribution in [0, 0.1) is 11.8 Å². The number of likely N-dealkylation sites (tertiary alicyclic amines) is 1. The lowest BCUT2D eigenvalue weighted by Crippen LogP contribution is -2.31. The lowest BCUT2D eigenvalue weighted by molar-refractivity contribution is -0.130. The average Bonchev–Trinajstić information content (AvgIpc) is 2.98. The average molecular weight is 279 g/mol. The Kier molecular flexibility index (Phi) is 3.76. The number of hydrogen-bond donors (Lipinski definition) is 1. The second kappa shape index (κ2) is 5.51. The summed E-state index contributed by atoms with van der Waals surface area (Å²) in [4.78, 5) is 14.2. The van der Waals surface area contributed by atoms with Gasteiger partial charge in [0.25, 0.3) is 0 Å². The molecule has 0 unspecified atom stereocenters. The maximum Gasteiger partial charge on any atom is 0.222 e. The van der Waals surface area contributed by atoms with Crippen molar-refractivity contribution in [2.45, 2.75) is 12.8 Å². The minimum Gasteiger partial charge on any atom is -0.342 e. The fourth-order valence-corrected chi connectivity index (χ4v) is 3.25. The third-order valence-corrected chi connectivity index (χ3v) is 4.53. The van der Waals surface area contributed by atoms with Gasteiger partial charge in [-0.3, -0.25) is 4.79 Å². The van der Waals surface area contributed by atoms with Crippen LogP contribution < -0.4 is 5.32 Å². The van der Waals surface area contributed by atoms with Crippen LogP contribution >= 0.6 is 11.6 Å². The normalized spacial score (nSPS) is 25.6. The highest BCUT2D eigenvalue weighted by Crippen LogP contribution is 2.26. The van der Waals surface area contributed by atoms with Crippen LogP contribution in [0.5, 0.6) is 0 Å². The van der Waals surface area contributed by atoms with E-state index in [0.29, 0.717) is 24.2 Å². The van der Waals surface area contributed by atoms with Gasteiger partial charge in [0.2, 0.25) is 5.91 Å². The summed E-state index contributed by atoms with van der Waals surface area (Å²) >= 11 is 5.85. The van der Waals surface area contributed by atoms with Gasteiger partial charge in [-0.1, -0.05) is 23.7 Å². The zero-order chi connectivity index (χ0) is 13.2. The second-order valence-corrected chi connectivity index (χ2v) is 6.04. The molecule has 1 aromatic rings. The fraction of sp³-hybridized carbons (Fsp3) is 0.533. The van der Waals surface area contributed by atoms with E-state index in [1.165, 1.54) is 5.56 Å². The molecule has 2 atom stereocenters. The number of nitrogens with zero attached hydrogens (tertiary/aromatic N) is 1. The molecule has 2 saturated heterocycles. The molecule has 2 aliphatic heterocycles. The zero-order valence-electron chi connectivity index (χ0n) is 10.9. The minimum absolute atomic E-state index is 0.296. The molecule has 1 N–H and O–H groups in total. The fourth-order valence-electron chi connectivity index (χ4n) is 3.12. The highest BCUT2D eigenvalue weighted by Gasteiger charge is 2.37. The minimum atomic E-state index is 0.296. The van der Waals surface area contributed by atoms with E-state index >= 15 is 0 Å². The van der Waals surface area contributed by atoms with Gasteiger partial charge in [-0.2, -0.15) is 0 Å². The Bertz CT molecular complexity index is 448. The van der Waals surface area contributed by atoms with E-state index in [1.54, 1.807) is 0 Å². The molecule has 19 heavy (non-hydrogen) atoms. The molecule has 0 radical (unpaired) electrons. The van der Waals surface area contributed by atoms with E-state index in [2.05, 4.69) is 5.32 Å². The third-order valence-electron chi connectivity index (χ3n) is 4.28. The Balaban J connectivity index is 1.50. The molecule has 0 bridgehead atoms. The van der Waals surface area contributed by atoms with Crippen LogP contribution in [0.2, 0.25) is 5.02 Å². The SMILES string of the molecule is O=C(CCc1ccc(Cl)cc1)N1C[C@H]2CNC[C@H]2C1. The molecule has 0 saturated carbocycles. The molecule has 1 amide bonds. The van der Waals surface area contributed by atoms with Crippen LogP contribution in [0.1, 0.15) is 12.0 Å². The number of aryl methyl sites for hydroxylation is 1. The molecule has 2 heterocycles. The van der Waals surface area contributed by atoms with Crippen molar-refractivity contribution < 1.29 is 4.79 Å². The summed E-state index contributed by atoms with van der Waals surface area (Å²) < 4.78 is 0. The molecular weight excluding hydrogens is 260 g/mol. The van der Waals surface area contributed by atoms with Gasteiger partial charge < -0.3 is 10.2 Å². The molecular formula is C15H19ClN2O. The van der Waals surface area contributed by atoms with Gasteiger partial charge in [-0.25, -0.2) is 0 Å². The Morgan fingerprint density at radius 2 is 1.84 bits per heavy atom. The first-order valence-electron chi connectivity index (χ1n) is 6.95. The first kappa shape index (κ1) is 12.9. The number of benzene rings is 1. The Hall–Kier alpha value is -1.06. The van der Waals surface area contributed by atoms with Crippen molar-refractivity contribution in [2.75, 3.05) is 26.2 Å². The Morgan fingerprint density at radius 3 is 2.47 bits per heavy atom. The van der Waals surface area contributed by atoms with E-state index in [4.69, 9.17) is 11.6 Å². The summed E-state index contributed by atoms with van der Waals surface area (Å²) in [6.45, 7) is 4.03. The number of nitrogens with one attached hydrogen (secondary N) is 1. The molecule has 3 nitrogen and oxygen atoms in total. The molecule has 102 valence electrons. The molecule has 1 aromatic carbocycles. The van der Waals surface area contributed by atoms with Crippen LogP contribution in [0.15, 0.2) is 24.3 Å². The first-order chi connectivity index (χ1) is 9.22. The number of halogens is 1. The lowest BCUT2D eigenvalue weighted by atomic mass is 10.0. The van der Waals surface area contributed by atoms with Crippen molar-refractivity contribution in [3.63, 3.8) is 0 Å². The largest absolute Gasteiger partial charge is 0.342 e. The quantitative estimate of drug-likeness (QED) is 0.917. The van der Waals surface area contributed by atoms with Crippen molar-refractivity contribution >= 4 is 17.5 Å². The zero-order valence-corrected chi connectivity index (χ0v) is 11.7. The summed E-state index contributed by atoms with van der Waals surface area (Å²) in [5, 5.41) is 4.14. The van der Waals surface area contributed by atoms with E-state index in [0.717, 1.165) is 37.6 Å². The number of rotatable bonds is 3. The maximum atomic E-state index is 12.2. The van der Waals surface area contributed by atoms with Gasteiger partial charge >= 0.3 is 0 Å². The van der Waals surface area contributed by atoms with Crippen molar-refractivity contribution in [2.24, 2.45) is 11.8 Å². The van der Waals surface area contributed by atoms with E-state index < -0.39 is 0 Å². The van der Waals surface area contributed by atoms with Crippen LogP contribution in [0.25, 0.3) is 0 Å². The summed E-state index contributed by atoms with van der Waals surface area (Å²) in [5.74, 6) is 1.66. The molecule has 0 spiro atoms. The molecule has 2 aliphatic rings. The van der Waals surface area contributed by atoms with Gasteiger partial charge in [0.15, 0.2) is 0 Å². The molecule has 3 rings (SSSR count). The van der Waals surface area contributed by atoms with Crippen molar-refractivity contribution in [3.8, 4) is 0 Å². The second-order valence-electron chi connectivity index (χ2n) is 5.60. The smallest absolute Gasteiger partial charge is 0.222 e. The monoisotopic (exact) mass is 278 g/mol. The molecule has 2 fully saturated rings. The highest BCUT2D eigenvalue weighted by molar-refractivity contribution is 6.30. The van der Waals surface area contributed by atoms with Crippen molar-refractivity contribution in [1.29, 1.82) is 0 Å². The van der Waals surface area contributed by atoms with Gasteiger partial charge in [0.1, 0.15) is 0 Å². The molecule has 0 aromatic heterocycles. The standard InChI is InChI=1S/C15H19ClN2O/c16-14-4-1-11(2-5-14)3-6-15(19)18-9-12-7-17-8-13(12)10-18/h1-2,4-5,12-13,17H,3,6-10H2/t12-,13+. The number of hydrogen-bond acceptors (Lipinski definition) is 2. The van der Waals surface area contributed by atoms with Crippen molar-refractivity contribution in [3.05, 3.63) is 34.9 Å². The lowest BCUT2D eigenvalue weighted by Gasteiger charge is -2.17. The molecule has 0 aliphatic carbocycles. The Labute approximate surface area is 118 Å². The number of fused-ring (bicyclic) bond motifs is 1. The van der Waals surface area contributed by atoms with Crippen LogP contribution in [0.3, 0.4) is 0 Å². The van der Waals surface area contributed by atoms with Crippen LogP contribution in [-0.4, -0.2) is 37.0 Å². The highest BCUT2D eigenvalue weighted by atomic mass is 35.5. The number of carbonyl (C=O) groups excluding carboxylic acids is 1. The Morgan fingerprint density at radius 1 is 1.21 bits per heavy atom. The van der Waals surface area contributed by atoms with Gasteiger partial charge in [-0.05, 0) is 36.0 Å². The van der Waals surface area contributed by atoms with E-state index in [1.807, 2.05) is 29.2 Å². The van der Waals surface area contributed by atoms with Crippen molar-refractivity contribution in [1.82, 2.24) is 10.2 Å². The third kappa shape index (κ3) is 2.93. The summed E-state index contributed by atoms with van der Waals surface area (Å²) in [7, 11) is 0. The summed E-state index contributed by atoms with van der Waals surface area (Å²) in [6, 6.07) is 7.76. The van der Waals surface area contributed by atoms with E-state index in [9.17, 15) is 4.79 Å². The van der Waals surface area contributed by atoms with Crippen LogP contribution in [0.4, 0.5) is 0 Å². The van der Waals surface area contributed by atoms with Gasteiger partial charge in [0.05, 0.1) is 0 Å². The maximum absolute atomic E-state index is 12.2. The van der Waals surface area contributed by atoms with Crippen LogP contribution in [-0.2, 0) is 11.2 Å². The predicted octanol–water partition coefficient (Wildman–Crippen LogP) is 1.95. The summed E-state index contributed by atoms with van der Waals surface area (Å²) in [5.41, 5.74) is 1.18. The first-order valence-corrected chi connectivity index (χ1v) is 7.33. The predicted molar refractivity (Wildman–Crippen MR) is 76.2 cm³/mol. The number of carbonyl (C=O) groups is 1. The summed E-state index contributed by atoms with van der Waals surface area (Å²) in [6.07, 6.45) is 1.41. The topological polar surface area (TPSA) is 32.3 Å². The van der Waals surface area contributed by atoms with Gasteiger partial charge in [-0.15, -0.1) is 0 Å². The van der Waals surface area contributed by atoms with E-state index in [-0.39, 0.29) is 0 Å². The van der Waals surface area contributed by atoms with Gasteiger partial charge in [0, 0.05) is 37.6 Å².